The summed E-state index contributed by atoms with van der Waals surface area (Å²) in [5.74, 6) is 1.62. The van der Waals surface area contributed by atoms with Crippen molar-refractivity contribution in [1.29, 1.82) is 0 Å². The van der Waals surface area contributed by atoms with Gasteiger partial charge in [0.25, 0.3) is 0 Å². The zero-order chi connectivity index (χ0) is 34.0. The third-order valence-electron chi connectivity index (χ3n) is 9.04. The molecule has 2 aromatic heterocycles. The van der Waals surface area contributed by atoms with E-state index in [1.807, 2.05) is 30.3 Å². The van der Waals surface area contributed by atoms with Crippen molar-refractivity contribution in [1.82, 2.24) is 14.8 Å². The monoisotopic (exact) mass is 655 g/mol. The molecule has 0 spiro atoms. The predicted molar refractivity (Wildman–Crippen MR) is 197 cm³/mol. The zero-order valence-corrected chi connectivity index (χ0v) is 28.6. The molecule has 0 N–H and O–H groups in total. The number of rotatable bonds is 17. The number of carbonyl (C=O) groups excluding carboxylic acids is 1. The van der Waals surface area contributed by atoms with Crippen LogP contribution in [0.15, 0.2) is 108 Å². The maximum absolute atomic E-state index is 11.4. The maximum atomic E-state index is 11.4. The normalized spacial score (nSPS) is 11.3. The van der Waals surface area contributed by atoms with Crippen LogP contribution in [0, 0.1) is 0 Å². The van der Waals surface area contributed by atoms with Crippen LogP contribution in [0.4, 0.5) is 0 Å². The van der Waals surface area contributed by atoms with Crippen LogP contribution in [0.5, 0.6) is 5.75 Å². The van der Waals surface area contributed by atoms with Crippen LogP contribution in [0.1, 0.15) is 64.7 Å². The molecule has 49 heavy (non-hydrogen) atoms. The molecule has 6 aromatic rings. The lowest BCUT2D eigenvalue weighted by Crippen LogP contribution is -2.05. The van der Waals surface area contributed by atoms with Gasteiger partial charge in [0.05, 0.1) is 13.2 Å². The van der Waals surface area contributed by atoms with E-state index in [2.05, 4.69) is 89.1 Å². The fourth-order valence-corrected chi connectivity index (χ4v) is 6.23. The third-order valence-corrected chi connectivity index (χ3v) is 9.04. The van der Waals surface area contributed by atoms with Crippen molar-refractivity contribution in [3.8, 4) is 39.8 Å². The number of ether oxygens (including phenoxy) is 2. The first-order valence-corrected chi connectivity index (χ1v) is 17.5. The highest BCUT2D eigenvalue weighted by Crippen LogP contribution is 2.33. The molecule has 6 rings (SSSR count). The fourth-order valence-electron chi connectivity index (χ4n) is 6.23. The van der Waals surface area contributed by atoms with E-state index in [1.165, 1.54) is 60.3 Å². The minimum Gasteiger partial charge on any atom is -0.494 e. The van der Waals surface area contributed by atoms with E-state index in [4.69, 9.17) is 13.9 Å². The second-order valence-corrected chi connectivity index (χ2v) is 12.8. The number of carbonyl (C=O) groups is 1. The molecule has 0 radical (unpaired) electrons. The highest BCUT2D eigenvalue weighted by Gasteiger charge is 2.14. The second-order valence-electron chi connectivity index (χ2n) is 12.8. The highest BCUT2D eigenvalue weighted by molar-refractivity contribution is 6.09. The molecule has 0 aliphatic rings. The second kappa shape index (κ2) is 16.3. The van der Waals surface area contributed by atoms with Gasteiger partial charge < -0.3 is 18.5 Å². The van der Waals surface area contributed by atoms with Crippen molar-refractivity contribution in [2.24, 2.45) is 7.05 Å². The maximum Gasteiger partial charge on any atom is 0.333 e. The number of nitrogens with zero attached hydrogens (tertiary/aromatic N) is 3. The van der Waals surface area contributed by atoms with Gasteiger partial charge in [-0.1, -0.05) is 94.0 Å². The minimum absolute atomic E-state index is 0.285. The largest absolute Gasteiger partial charge is 0.494 e. The molecular formula is C42H45N3O4. The molecule has 0 atom stereocenters. The number of para-hydroxylation sites is 1. The summed E-state index contributed by atoms with van der Waals surface area (Å²) >= 11 is 0. The SMILES string of the molecule is C=C(C)C(=O)OCCCCCCCCCCCOc1ccc(-c2ccc(-c3nnc(-c4ccc5c(c4)c4ccccc4n5C)o3)cc2)cc1. The van der Waals surface area contributed by atoms with Gasteiger partial charge in [-0.15, -0.1) is 10.2 Å². The van der Waals surface area contributed by atoms with Gasteiger partial charge in [-0.25, -0.2) is 4.79 Å². The molecule has 0 saturated heterocycles. The first kappa shape index (κ1) is 33.7. The lowest BCUT2D eigenvalue weighted by Gasteiger charge is -2.08. The molecule has 7 heteroatoms. The molecule has 0 unspecified atom stereocenters. The van der Waals surface area contributed by atoms with Gasteiger partial charge in [0.15, 0.2) is 0 Å². The molecule has 0 saturated carbocycles. The Kier molecular flexibility index (Phi) is 11.2. The minimum atomic E-state index is -0.285. The van der Waals surface area contributed by atoms with Gasteiger partial charge in [-0.2, -0.15) is 0 Å². The summed E-state index contributed by atoms with van der Waals surface area (Å²) in [6.07, 6.45) is 10.5. The summed E-state index contributed by atoms with van der Waals surface area (Å²) in [6.45, 7) is 6.51. The van der Waals surface area contributed by atoms with Crippen LogP contribution in [0.25, 0.3) is 55.8 Å². The van der Waals surface area contributed by atoms with E-state index < -0.39 is 0 Å². The summed E-state index contributed by atoms with van der Waals surface area (Å²) < 4.78 is 19.5. The molecule has 0 amide bonds. The van der Waals surface area contributed by atoms with Gasteiger partial charge in [0.2, 0.25) is 11.8 Å². The number of hydrogen-bond acceptors (Lipinski definition) is 6. The van der Waals surface area contributed by atoms with E-state index in [-0.39, 0.29) is 5.97 Å². The van der Waals surface area contributed by atoms with E-state index in [0.29, 0.717) is 24.0 Å². The van der Waals surface area contributed by atoms with E-state index in [9.17, 15) is 4.79 Å². The number of aryl methyl sites for hydroxylation is 1. The van der Waals surface area contributed by atoms with Crippen molar-refractivity contribution in [3.63, 3.8) is 0 Å². The summed E-state index contributed by atoms with van der Waals surface area (Å²) in [5, 5.41) is 11.1. The van der Waals surface area contributed by atoms with Crippen molar-refractivity contribution >= 4 is 27.8 Å². The lowest BCUT2D eigenvalue weighted by molar-refractivity contribution is -0.139. The smallest absolute Gasteiger partial charge is 0.333 e. The van der Waals surface area contributed by atoms with Crippen molar-refractivity contribution in [3.05, 3.63) is 103 Å². The number of benzene rings is 4. The van der Waals surface area contributed by atoms with Crippen molar-refractivity contribution in [2.45, 2.75) is 64.7 Å². The van der Waals surface area contributed by atoms with Crippen molar-refractivity contribution in [2.75, 3.05) is 13.2 Å². The molecule has 0 aliphatic carbocycles. The van der Waals surface area contributed by atoms with Gasteiger partial charge in [-0.3, -0.25) is 0 Å². The quantitative estimate of drug-likeness (QED) is 0.0553. The molecule has 0 fully saturated rings. The molecule has 4 aromatic carbocycles. The Labute approximate surface area is 288 Å². The fraction of sp³-hybridized carbons (Fsp3) is 0.310. The highest BCUT2D eigenvalue weighted by atomic mass is 16.5. The van der Waals surface area contributed by atoms with Crippen LogP contribution < -0.4 is 4.74 Å². The van der Waals surface area contributed by atoms with Crippen LogP contribution >= 0.6 is 0 Å². The average Bonchev–Trinajstić information content (AvgIpc) is 3.74. The zero-order valence-electron chi connectivity index (χ0n) is 28.6. The Morgan fingerprint density at radius 3 is 1.86 bits per heavy atom. The van der Waals surface area contributed by atoms with Crippen LogP contribution in [0.3, 0.4) is 0 Å². The summed E-state index contributed by atoms with van der Waals surface area (Å²) in [7, 11) is 2.09. The number of esters is 1. The third kappa shape index (κ3) is 8.47. The predicted octanol–water partition coefficient (Wildman–Crippen LogP) is 10.7. The average molecular weight is 656 g/mol. The number of hydrogen-bond donors (Lipinski definition) is 0. The van der Waals surface area contributed by atoms with Gasteiger partial charge in [-0.05, 0) is 79.4 Å². The van der Waals surface area contributed by atoms with E-state index in [0.717, 1.165) is 53.9 Å². The summed E-state index contributed by atoms with van der Waals surface area (Å²) in [4.78, 5) is 11.4. The standard InChI is InChI=1S/C42H45N3O4/c1-30(2)42(46)48-28-14-10-8-6-4-5-7-9-13-27-47-35-24-21-32(22-25-35)31-17-19-33(20-18-31)40-43-44-41(49-40)34-23-26-39-37(29-34)36-15-11-12-16-38(36)45(39)3/h11-12,15-26,29H,1,4-10,13-14,27-28H2,2-3H3. The van der Waals surface area contributed by atoms with Crippen LogP contribution in [0.2, 0.25) is 0 Å². The molecule has 2 heterocycles. The number of unbranched alkanes of at least 4 members (excludes halogenated alkanes) is 8. The van der Waals surface area contributed by atoms with E-state index in [1.54, 1.807) is 6.92 Å². The Morgan fingerprint density at radius 2 is 1.18 bits per heavy atom. The Balaban J connectivity index is 0.913. The molecule has 0 bridgehead atoms. The lowest BCUT2D eigenvalue weighted by atomic mass is 10.0. The number of fused-ring (bicyclic) bond motifs is 3. The Hall–Kier alpha value is -5.17. The first-order valence-electron chi connectivity index (χ1n) is 17.5. The first-order chi connectivity index (χ1) is 24.0. The Morgan fingerprint density at radius 1 is 0.653 bits per heavy atom. The van der Waals surface area contributed by atoms with E-state index >= 15 is 0 Å². The van der Waals surface area contributed by atoms with Crippen LogP contribution in [-0.4, -0.2) is 33.9 Å². The topological polar surface area (TPSA) is 79.4 Å². The van der Waals surface area contributed by atoms with Crippen molar-refractivity contribution < 1.29 is 18.7 Å². The number of aromatic nitrogens is 3. The van der Waals surface area contributed by atoms with Gasteiger partial charge >= 0.3 is 5.97 Å². The van der Waals surface area contributed by atoms with Gasteiger partial charge in [0, 0.05) is 45.6 Å². The molecule has 0 aliphatic heterocycles. The molecule has 7 nitrogen and oxygen atoms in total. The van der Waals surface area contributed by atoms with Crippen LogP contribution in [-0.2, 0) is 16.6 Å². The molecular weight excluding hydrogens is 610 g/mol. The van der Waals surface area contributed by atoms with Gasteiger partial charge in [0.1, 0.15) is 5.75 Å². The Bertz CT molecular complexity index is 2000. The summed E-state index contributed by atoms with van der Waals surface area (Å²) in [5.41, 5.74) is 6.86. The molecule has 252 valence electrons. The summed E-state index contributed by atoms with van der Waals surface area (Å²) in [6, 6.07) is 31.2.